The van der Waals surface area contributed by atoms with Crippen molar-refractivity contribution in [2.24, 2.45) is 16.7 Å². The first-order valence-electron chi connectivity index (χ1n) is 7.17. The number of nitrogens with zero attached hydrogens (tertiary/aromatic N) is 1. The molecule has 1 fully saturated rings. The van der Waals surface area contributed by atoms with Gasteiger partial charge in [0.1, 0.15) is 0 Å². The molecule has 3 heteroatoms. The van der Waals surface area contributed by atoms with Crippen LogP contribution >= 0.6 is 0 Å². The van der Waals surface area contributed by atoms with E-state index in [-0.39, 0.29) is 35.3 Å². The molecule has 0 aromatic rings. The Morgan fingerprint density at radius 3 is 1.89 bits per heavy atom. The van der Waals surface area contributed by atoms with E-state index in [9.17, 15) is 9.90 Å². The summed E-state index contributed by atoms with van der Waals surface area (Å²) in [5.41, 5.74) is 0.146. The van der Waals surface area contributed by atoms with Crippen LogP contribution in [0.1, 0.15) is 54.4 Å². The third-order valence-electron chi connectivity index (χ3n) is 5.27. The number of carbonyl (C=O) groups excluding carboxylic acids is 1. The van der Waals surface area contributed by atoms with E-state index in [1.807, 2.05) is 4.90 Å². The minimum atomic E-state index is 0.0514. The van der Waals surface area contributed by atoms with Crippen LogP contribution < -0.4 is 0 Å². The first-order chi connectivity index (χ1) is 8.25. The lowest BCUT2D eigenvalue weighted by atomic mass is 10.0. The average molecular weight is 255 g/mol. The van der Waals surface area contributed by atoms with Crippen molar-refractivity contribution in [3.05, 3.63) is 0 Å². The van der Waals surface area contributed by atoms with Crippen molar-refractivity contribution in [3.63, 3.8) is 0 Å². The third-order valence-corrected chi connectivity index (χ3v) is 5.27. The summed E-state index contributed by atoms with van der Waals surface area (Å²) < 4.78 is 0. The lowest BCUT2D eigenvalue weighted by Crippen LogP contribution is -2.43. The van der Waals surface area contributed by atoms with Gasteiger partial charge >= 0.3 is 0 Å². The molecule has 0 unspecified atom stereocenters. The Balaban J connectivity index is 2.86. The van der Waals surface area contributed by atoms with Gasteiger partial charge in [0, 0.05) is 18.5 Å². The molecule has 0 bridgehead atoms. The summed E-state index contributed by atoms with van der Waals surface area (Å²) >= 11 is 0. The molecule has 0 spiro atoms. The lowest BCUT2D eigenvalue weighted by molar-refractivity contribution is -0.137. The van der Waals surface area contributed by atoms with Crippen molar-refractivity contribution < 1.29 is 9.90 Å². The van der Waals surface area contributed by atoms with Crippen molar-refractivity contribution in [1.29, 1.82) is 0 Å². The van der Waals surface area contributed by atoms with Crippen LogP contribution in [-0.4, -0.2) is 35.1 Å². The molecule has 0 atom stereocenters. The maximum atomic E-state index is 12.7. The SMILES string of the molecule is CCC(CC)N(CCO)C(=O)C1C(C)(C)C1(C)C. The highest BCUT2D eigenvalue weighted by atomic mass is 16.3. The quantitative estimate of drug-likeness (QED) is 0.792. The van der Waals surface area contributed by atoms with Gasteiger partial charge in [0.25, 0.3) is 0 Å². The van der Waals surface area contributed by atoms with E-state index < -0.39 is 0 Å². The van der Waals surface area contributed by atoms with Crippen molar-refractivity contribution in [1.82, 2.24) is 4.90 Å². The number of hydrogen-bond acceptors (Lipinski definition) is 2. The van der Waals surface area contributed by atoms with Gasteiger partial charge < -0.3 is 10.0 Å². The molecule has 0 heterocycles. The Bertz CT molecular complexity index is 292. The molecule has 0 saturated heterocycles. The zero-order valence-corrected chi connectivity index (χ0v) is 12.8. The van der Waals surface area contributed by atoms with Gasteiger partial charge in [0.15, 0.2) is 0 Å². The minimum Gasteiger partial charge on any atom is -0.395 e. The van der Waals surface area contributed by atoms with Crippen LogP contribution in [0.4, 0.5) is 0 Å². The lowest BCUT2D eigenvalue weighted by Gasteiger charge is -2.31. The second-order valence-electron chi connectivity index (χ2n) is 6.60. The predicted octanol–water partition coefficient (Wildman–Crippen LogP) is 2.68. The maximum absolute atomic E-state index is 12.7. The van der Waals surface area contributed by atoms with Gasteiger partial charge in [-0.15, -0.1) is 0 Å². The van der Waals surface area contributed by atoms with Crippen molar-refractivity contribution in [2.75, 3.05) is 13.2 Å². The second-order valence-corrected chi connectivity index (χ2v) is 6.60. The standard InChI is InChI=1S/C15H29NO2/c1-7-11(8-2)16(9-10-17)13(18)12-14(3,4)15(12,5)6/h11-12,17H,7-10H2,1-6H3. The molecular weight excluding hydrogens is 226 g/mol. The molecule has 18 heavy (non-hydrogen) atoms. The molecule has 1 saturated carbocycles. The van der Waals surface area contributed by atoms with Gasteiger partial charge in [-0.25, -0.2) is 0 Å². The summed E-state index contributed by atoms with van der Waals surface area (Å²) in [7, 11) is 0. The van der Waals surface area contributed by atoms with Gasteiger partial charge in [0.05, 0.1) is 6.61 Å². The monoisotopic (exact) mass is 255 g/mol. The van der Waals surface area contributed by atoms with Gasteiger partial charge in [0.2, 0.25) is 5.91 Å². The van der Waals surface area contributed by atoms with Crippen LogP contribution in [0, 0.1) is 16.7 Å². The van der Waals surface area contributed by atoms with Crippen LogP contribution in [-0.2, 0) is 4.79 Å². The van der Waals surface area contributed by atoms with Gasteiger partial charge in [-0.05, 0) is 23.7 Å². The molecule has 0 aromatic heterocycles. The van der Waals surface area contributed by atoms with Crippen LogP contribution in [0.2, 0.25) is 0 Å². The van der Waals surface area contributed by atoms with Crippen LogP contribution in [0.25, 0.3) is 0 Å². The zero-order valence-electron chi connectivity index (χ0n) is 12.8. The topological polar surface area (TPSA) is 40.5 Å². The fourth-order valence-electron chi connectivity index (χ4n) is 3.29. The molecular formula is C15H29NO2. The first kappa shape index (κ1) is 15.5. The van der Waals surface area contributed by atoms with Crippen molar-refractivity contribution >= 4 is 5.91 Å². The largest absolute Gasteiger partial charge is 0.395 e. The second kappa shape index (κ2) is 5.20. The summed E-state index contributed by atoms with van der Waals surface area (Å²) in [6.45, 7) is 13.4. The number of aliphatic hydroxyl groups excluding tert-OH is 1. The summed E-state index contributed by atoms with van der Waals surface area (Å²) in [5, 5.41) is 9.19. The molecule has 0 aromatic carbocycles. The molecule has 1 aliphatic rings. The van der Waals surface area contributed by atoms with Crippen molar-refractivity contribution in [2.45, 2.75) is 60.4 Å². The summed E-state index contributed by atoms with van der Waals surface area (Å²) in [4.78, 5) is 14.6. The Labute approximate surface area is 112 Å². The van der Waals surface area contributed by atoms with Gasteiger partial charge in [-0.3, -0.25) is 4.79 Å². The van der Waals surface area contributed by atoms with E-state index in [0.717, 1.165) is 12.8 Å². The van der Waals surface area contributed by atoms with E-state index >= 15 is 0 Å². The fraction of sp³-hybridized carbons (Fsp3) is 0.933. The highest BCUT2D eigenvalue weighted by molar-refractivity contribution is 5.84. The summed E-state index contributed by atoms with van der Waals surface area (Å²) in [5.74, 6) is 0.324. The number of carbonyl (C=O) groups is 1. The average Bonchev–Trinajstić information content (AvgIpc) is 2.69. The summed E-state index contributed by atoms with van der Waals surface area (Å²) in [6.07, 6.45) is 1.91. The van der Waals surface area contributed by atoms with E-state index in [0.29, 0.717) is 6.54 Å². The molecule has 1 amide bonds. The molecule has 0 aliphatic heterocycles. The highest BCUT2D eigenvalue weighted by Gasteiger charge is 2.68. The van der Waals surface area contributed by atoms with Gasteiger partial charge in [-0.1, -0.05) is 41.5 Å². The van der Waals surface area contributed by atoms with Crippen LogP contribution in [0.5, 0.6) is 0 Å². The number of hydrogen-bond donors (Lipinski definition) is 1. The van der Waals surface area contributed by atoms with E-state index in [4.69, 9.17) is 0 Å². The number of rotatable bonds is 6. The molecule has 106 valence electrons. The van der Waals surface area contributed by atoms with Crippen LogP contribution in [0.3, 0.4) is 0 Å². The van der Waals surface area contributed by atoms with Crippen molar-refractivity contribution in [3.8, 4) is 0 Å². The minimum absolute atomic E-state index is 0.0514. The highest BCUT2D eigenvalue weighted by Crippen LogP contribution is 2.68. The maximum Gasteiger partial charge on any atom is 0.227 e. The smallest absolute Gasteiger partial charge is 0.227 e. The van der Waals surface area contributed by atoms with Gasteiger partial charge in [-0.2, -0.15) is 0 Å². The van der Waals surface area contributed by atoms with E-state index in [1.54, 1.807) is 0 Å². The molecule has 1 N–H and O–H groups in total. The Kier molecular flexibility index (Phi) is 4.47. The van der Waals surface area contributed by atoms with E-state index in [1.165, 1.54) is 0 Å². The molecule has 0 radical (unpaired) electrons. The van der Waals surface area contributed by atoms with Crippen LogP contribution in [0.15, 0.2) is 0 Å². The Morgan fingerprint density at radius 2 is 1.61 bits per heavy atom. The molecule has 1 rings (SSSR count). The number of aliphatic hydroxyl groups is 1. The fourth-order valence-corrected chi connectivity index (χ4v) is 3.29. The normalized spacial score (nSPS) is 21.1. The zero-order chi connectivity index (χ0) is 14.1. The Morgan fingerprint density at radius 1 is 1.17 bits per heavy atom. The third kappa shape index (κ3) is 2.29. The van der Waals surface area contributed by atoms with E-state index in [2.05, 4.69) is 41.5 Å². The molecule has 1 aliphatic carbocycles. The summed E-state index contributed by atoms with van der Waals surface area (Å²) in [6, 6.07) is 0.261. The predicted molar refractivity (Wildman–Crippen MR) is 74.2 cm³/mol. The Hall–Kier alpha value is -0.570. The molecule has 3 nitrogen and oxygen atoms in total. The first-order valence-corrected chi connectivity index (χ1v) is 7.17. The number of amides is 1.